The van der Waals surface area contributed by atoms with Crippen molar-refractivity contribution in [3.63, 3.8) is 0 Å². The van der Waals surface area contributed by atoms with Gasteiger partial charge in [-0.05, 0) is 38.6 Å². The molecule has 0 radical (unpaired) electrons. The fraction of sp³-hybridized carbons (Fsp3) is 0.923. The zero-order valence-electron chi connectivity index (χ0n) is 10.6. The highest BCUT2D eigenvalue weighted by Gasteiger charge is 2.55. The summed E-state index contributed by atoms with van der Waals surface area (Å²) in [5, 5.41) is 3.60. The first-order chi connectivity index (χ1) is 8.26. The maximum absolute atomic E-state index is 12.2. The van der Waals surface area contributed by atoms with Gasteiger partial charge in [-0.15, -0.1) is 0 Å². The first-order valence-corrected chi connectivity index (χ1v) is 6.86. The van der Waals surface area contributed by atoms with Crippen LogP contribution >= 0.6 is 0 Å². The number of methoxy groups -OCH3 is 1. The van der Waals surface area contributed by atoms with Crippen LogP contribution in [0.1, 0.15) is 38.5 Å². The van der Waals surface area contributed by atoms with Crippen LogP contribution in [0.2, 0.25) is 0 Å². The van der Waals surface area contributed by atoms with Gasteiger partial charge in [-0.2, -0.15) is 0 Å². The number of rotatable bonds is 3. The second kappa shape index (κ2) is 4.25. The molecule has 1 saturated carbocycles. The molecule has 0 aromatic heterocycles. The monoisotopic (exact) mass is 238 g/mol. The summed E-state index contributed by atoms with van der Waals surface area (Å²) in [6, 6.07) is 0.917. The van der Waals surface area contributed by atoms with Crippen molar-refractivity contribution in [3.05, 3.63) is 0 Å². The molecule has 3 aliphatic rings. The number of fused-ring (bicyclic) bond motifs is 1. The van der Waals surface area contributed by atoms with Crippen LogP contribution in [0.15, 0.2) is 0 Å². The van der Waals surface area contributed by atoms with Gasteiger partial charge < -0.3 is 4.74 Å². The molecule has 0 aromatic rings. The van der Waals surface area contributed by atoms with E-state index < -0.39 is 5.54 Å². The van der Waals surface area contributed by atoms with Crippen molar-refractivity contribution in [1.82, 2.24) is 10.2 Å². The highest BCUT2D eigenvalue weighted by atomic mass is 16.5. The predicted octanol–water partition coefficient (Wildman–Crippen LogP) is 0.908. The first kappa shape index (κ1) is 11.5. The molecule has 1 aliphatic carbocycles. The number of esters is 1. The average Bonchev–Trinajstić information content (AvgIpc) is 3.10. The second-order valence-corrected chi connectivity index (χ2v) is 5.68. The minimum absolute atomic E-state index is 0.0428. The van der Waals surface area contributed by atoms with E-state index in [1.54, 1.807) is 0 Å². The molecule has 3 rings (SSSR count). The molecule has 4 nitrogen and oxygen atoms in total. The zero-order chi connectivity index (χ0) is 11.9. The highest BCUT2D eigenvalue weighted by molar-refractivity contribution is 5.82. The fourth-order valence-corrected chi connectivity index (χ4v) is 3.54. The van der Waals surface area contributed by atoms with Gasteiger partial charge >= 0.3 is 5.97 Å². The molecule has 1 N–H and O–H groups in total. The van der Waals surface area contributed by atoms with E-state index in [9.17, 15) is 4.79 Å². The lowest BCUT2D eigenvalue weighted by atomic mass is 9.85. The molecule has 4 heteroatoms. The van der Waals surface area contributed by atoms with Crippen molar-refractivity contribution >= 4 is 5.97 Å². The van der Waals surface area contributed by atoms with E-state index >= 15 is 0 Å². The standard InChI is InChI=1S/C13H22N2O2/c1-17-12(16)13(14-10-5-6-10)7-9-15-8-3-2-4-11(13)15/h10-11,14H,2-9H2,1H3. The Hall–Kier alpha value is -0.610. The molecule has 96 valence electrons. The van der Waals surface area contributed by atoms with Gasteiger partial charge in [0.05, 0.1) is 7.11 Å². The Balaban J connectivity index is 1.84. The van der Waals surface area contributed by atoms with Crippen LogP contribution < -0.4 is 5.32 Å². The second-order valence-electron chi connectivity index (χ2n) is 5.68. The smallest absolute Gasteiger partial charge is 0.327 e. The Labute approximate surface area is 103 Å². The van der Waals surface area contributed by atoms with Crippen LogP contribution in [0, 0.1) is 0 Å². The summed E-state index contributed by atoms with van der Waals surface area (Å²) in [5.41, 5.74) is -0.406. The van der Waals surface area contributed by atoms with Crippen LogP contribution in [0.5, 0.6) is 0 Å². The van der Waals surface area contributed by atoms with Gasteiger partial charge in [-0.25, -0.2) is 4.79 Å². The Morgan fingerprint density at radius 2 is 2.12 bits per heavy atom. The summed E-state index contributed by atoms with van der Waals surface area (Å²) in [6.45, 7) is 2.19. The van der Waals surface area contributed by atoms with Gasteiger partial charge in [0, 0.05) is 18.6 Å². The van der Waals surface area contributed by atoms with E-state index in [4.69, 9.17) is 4.74 Å². The largest absolute Gasteiger partial charge is 0.468 e. The number of piperidine rings is 1. The van der Waals surface area contributed by atoms with E-state index in [0.29, 0.717) is 12.1 Å². The van der Waals surface area contributed by atoms with Gasteiger partial charge in [0.15, 0.2) is 0 Å². The van der Waals surface area contributed by atoms with E-state index in [-0.39, 0.29) is 5.97 Å². The number of carbonyl (C=O) groups is 1. The molecule has 17 heavy (non-hydrogen) atoms. The Bertz CT molecular complexity index is 317. The van der Waals surface area contributed by atoms with Crippen LogP contribution in [-0.4, -0.2) is 48.7 Å². The lowest BCUT2D eigenvalue weighted by molar-refractivity contribution is -0.150. The number of ether oxygens (including phenoxy) is 1. The lowest BCUT2D eigenvalue weighted by Gasteiger charge is -2.39. The van der Waals surface area contributed by atoms with Crippen molar-refractivity contribution in [2.75, 3.05) is 20.2 Å². The van der Waals surface area contributed by atoms with Gasteiger partial charge in [0.2, 0.25) is 0 Å². The Morgan fingerprint density at radius 1 is 1.29 bits per heavy atom. The van der Waals surface area contributed by atoms with Crippen LogP contribution in [0.3, 0.4) is 0 Å². The first-order valence-electron chi connectivity index (χ1n) is 6.86. The molecule has 0 amide bonds. The van der Waals surface area contributed by atoms with E-state index in [0.717, 1.165) is 25.9 Å². The van der Waals surface area contributed by atoms with E-state index in [1.165, 1.54) is 32.8 Å². The van der Waals surface area contributed by atoms with Gasteiger partial charge in [0.1, 0.15) is 5.54 Å². The minimum atomic E-state index is -0.406. The molecule has 0 spiro atoms. The number of nitrogens with zero attached hydrogens (tertiary/aromatic N) is 1. The zero-order valence-corrected chi connectivity index (χ0v) is 10.6. The van der Waals surface area contributed by atoms with Gasteiger partial charge in [-0.1, -0.05) is 6.42 Å². The van der Waals surface area contributed by atoms with Crippen molar-refractivity contribution in [2.45, 2.75) is 56.1 Å². The summed E-state index contributed by atoms with van der Waals surface area (Å²) in [7, 11) is 1.52. The summed E-state index contributed by atoms with van der Waals surface area (Å²) in [6.07, 6.45) is 7.00. The van der Waals surface area contributed by atoms with E-state index in [2.05, 4.69) is 10.2 Å². The van der Waals surface area contributed by atoms with Gasteiger partial charge in [-0.3, -0.25) is 10.2 Å². The number of hydrogen-bond donors (Lipinski definition) is 1. The third kappa shape index (κ3) is 1.87. The molecule has 2 heterocycles. The summed E-state index contributed by atoms with van der Waals surface area (Å²) in [5.74, 6) is -0.0428. The number of carbonyl (C=O) groups excluding carboxylic acids is 1. The topological polar surface area (TPSA) is 41.6 Å². The normalized spacial score (nSPS) is 37.8. The number of hydrogen-bond acceptors (Lipinski definition) is 4. The quantitative estimate of drug-likeness (QED) is 0.742. The maximum Gasteiger partial charge on any atom is 0.327 e. The molecule has 2 atom stereocenters. The molecule has 0 aromatic carbocycles. The van der Waals surface area contributed by atoms with Crippen molar-refractivity contribution in [3.8, 4) is 0 Å². The minimum Gasteiger partial charge on any atom is -0.468 e. The molecule has 2 saturated heterocycles. The summed E-state index contributed by atoms with van der Waals surface area (Å²) in [4.78, 5) is 14.7. The fourth-order valence-electron chi connectivity index (χ4n) is 3.54. The Morgan fingerprint density at radius 3 is 2.82 bits per heavy atom. The van der Waals surface area contributed by atoms with Crippen LogP contribution in [0.25, 0.3) is 0 Å². The summed E-state index contributed by atoms with van der Waals surface area (Å²) < 4.78 is 5.09. The van der Waals surface area contributed by atoms with E-state index in [1.807, 2.05) is 0 Å². The third-order valence-electron chi connectivity index (χ3n) is 4.56. The molecular formula is C13H22N2O2. The summed E-state index contributed by atoms with van der Waals surface area (Å²) >= 11 is 0. The average molecular weight is 238 g/mol. The molecule has 2 unspecified atom stereocenters. The molecule has 3 fully saturated rings. The van der Waals surface area contributed by atoms with Crippen molar-refractivity contribution in [2.24, 2.45) is 0 Å². The van der Waals surface area contributed by atoms with Crippen LogP contribution in [-0.2, 0) is 9.53 Å². The number of nitrogens with one attached hydrogen (secondary N) is 1. The van der Waals surface area contributed by atoms with Crippen LogP contribution in [0.4, 0.5) is 0 Å². The SMILES string of the molecule is COC(=O)C1(NC2CC2)CCN2CCCCC21. The highest BCUT2D eigenvalue weighted by Crippen LogP contribution is 2.38. The van der Waals surface area contributed by atoms with Crippen molar-refractivity contribution in [1.29, 1.82) is 0 Å². The van der Waals surface area contributed by atoms with Gasteiger partial charge in [0.25, 0.3) is 0 Å². The maximum atomic E-state index is 12.2. The lowest BCUT2D eigenvalue weighted by Crippen LogP contribution is -2.62. The molecule has 2 aliphatic heterocycles. The third-order valence-corrected chi connectivity index (χ3v) is 4.56. The molecular weight excluding hydrogens is 216 g/mol. The predicted molar refractivity (Wildman–Crippen MR) is 64.7 cm³/mol. The van der Waals surface area contributed by atoms with Crippen molar-refractivity contribution < 1.29 is 9.53 Å². The Kier molecular flexibility index (Phi) is 2.87. The molecule has 0 bridgehead atoms.